The highest BCUT2D eigenvalue weighted by Crippen LogP contribution is 2.31. The lowest BCUT2D eigenvalue weighted by molar-refractivity contribution is 0.323. The fourth-order valence-electron chi connectivity index (χ4n) is 2.67. The van der Waals surface area contributed by atoms with Gasteiger partial charge in [0, 0.05) is 18.5 Å². The predicted molar refractivity (Wildman–Crippen MR) is 89.0 cm³/mol. The molecule has 0 saturated carbocycles. The molecule has 0 saturated heterocycles. The molecule has 2 N–H and O–H groups in total. The summed E-state index contributed by atoms with van der Waals surface area (Å²) in [5.74, 6) is 2.46. The Balaban J connectivity index is 1.60. The van der Waals surface area contributed by atoms with Gasteiger partial charge in [0.2, 0.25) is 0 Å². The molecule has 3 aromatic rings. The van der Waals surface area contributed by atoms with Gasteiger partial charge in [0.05, 0.1) is 11.9 Å². The topological polar surface area (TPSA) is 93.5 Å². The third kappa shape index (κ3) is 2.60. The summed E-state index contributed by atoms with van der Waals surface area (Å²) >= 11 is 0. The maximum absolute atomic E-state index is 5.60. The summed E-state index contributed by atoms with van der Waals surface area (Å²) < 4.78 is 7.38. The van der Waals surface area contributed by atoms with E-state index in [9.17, 15) is 0 Å². The molecule has 4 rings (SSSR count). The second kappa shape index (κ2) is 5.95. The third-order valence-corrected chi connectivity index (χ3v) is 4.12. The van der Waals surface area contributed by atoms with Crippen LogP contribution in [0.25, 0.3) is 11.3 Å². The maximum Gasteiger partial charge on any atom is 0.174 e. The summed E-state index contributed by atoms with van der Waals surface area (Å²) in [5.41, 5.74) is 2.79. The molecule has 1 aromatic carbocycles. The van der Waals surface area contributed by atoms with Crippen LogP contribution in [0, 0.1) is 0 Å². The van der Waals surface area contributed by atoms with Crippen LogP contribution >= 0.6 is 0 Å². The molecule has 1 atom stereocenters. The average molecular weight is 325 g/mol. The first-order valence-corrected chi connectivity index (χ1v) is 8.08. The van der Waals surface area contributed by atoms with Gasteiger partial charge in [0.1, 0.15) is 29.9 Å². The zero-order valence-corrected chi connectivity index (χ0v) is 13.7. The normalized spacial score (nSPS) is 14.6. The maximum atomic E-state index is 5.60. The van der Waals surface area contributed by atoms with Crippen molar-refractivity contribution in [1.29, 1.82) is 0 Å². The summed E-state index contributed by atoms with van der Waals surface area (Å²) in [6.45, 7) is 5.54. The monoisotopic (exact) mass is 325 g/mol. The number of aromatic amines is 1. The molecule has 0 radical (unpaired) electrons. The molecule has 3 heterocycles. The number of hydrogen-bond donors (Lipinski definition) is 2. The first kappa shape index (κ1) is 14.7. The quantitative estimate of drug-likeness (QED) is 0.762. The molecule has 0 aliphatic carbocycles. The number of ether oxygens (including phenoxy) is 1. The smallest absolute Gasteiger partial charge is 0.174 e. The van der Waals surface area contributed by atoms with Crippen LogP contribution in [0.5, 0.6) is 5.75 Å². The van der Waals surface area contributed by atoms with E-state index in [-0.39, 0.29) is 6.04 Å². The Bertz CT molecular complexity index is 854. The molecule has 124 valence electrons. The largest absolute Gasteiger partial charge is 0.490 e. The predicted octanol–water partition coefficient (Wildman–Crippen LogP) is 2.04. The molecule has 24 heavy (non-hydrogen) atoms. The van der Waals surface area contributed by atoms with E-state index in [4.69, 9.17) is 4.74 Å². The molecule has 1 aliphatic heterocycles. The van der Waals surface area contributed by atoms with E-state index in [1.54, 1.807) is 4.68 Å². The van der Waals surface area contributed by atoms with E-state index >= 15 is 0 Å². The van der Waals surface area contributed by atoms with Crippen LogP contribution < -0.4 is 10.1 Å². The van der Waals surface area contributed by atoms with Gasteiger partial charge >= 0.3 is 0 Å². The molecule has 8 heteroatoms. The van der Waals surface area contributed by atoms with Crippen molar-refractivity contribution in [1.82, 2.24) is 30.2 Å². The van der Waals surface area contributed by atoms with Gasteiger partial charge in [-0.15, -0.1) is 5.10 Å². The minimum absolute atomic E-state index is 0.0816. The van der Waals surface area contributed by atoms with Gasteiger partial charge in [0.15, 0.2) is 5.82 Å². The van der Waals surface area contributed by atoms with Crippen molar-refractivity contribution < 1.29 is 4.74 Å². The standard InChI is InChI=1S/C16H19N7O/c1-3-15-18-16(21-20-15)10(2)23-9-13(19-22-23)11-4-5-14-12(8-11)17-6-7-24-14/h4-5,8-10,17H,3,6-7H2,1-2H3,(H,18,20,21). The Morgan fingerprint density at radius 3 is 3.12 bits per heavy atom. The number of fused-ring (bicyclic) bond motifs is 1. The summed E-state index contributed by atoms with van der Waals surface area (Å²) in [7, 11) is 0. The van der Waals surface area contributed by atoms with Crippen molar-refractivity contribution in [3.63, 3.8) is 0 Å². The summed E-state index contributed by atoms with van der Waals surface area (Å²) in [6.07, 6.45) is 2.74. The number of hydrogen-bond acceptors (Lipinski definition) is 6. The van der Waals surface area contributed by atoms with Gasteiger partial charge in [-0.25, -0.2) is 9.67 Å². The van der Waals surface area contributed by atoms with E-state index in [1.807, 2.05) is 38.2 Å². The van der Waals surface area contributed by atoms with E-state index in [1.165, 1.54) is 0 Å². The Hall–Kier alpha value is -2.90. The van der Waals surface area contributed by atoms with Crippen LogP contribution in [0.2, 0.25) is 0 Å². The molecule has 1 unspecified atom stereocenters. The number of benzene rings is 1. The molecule has 0 spiro atoms. The molecule has 8 nitrogen and oxygen atoms in total. The fourth-order valence-corrected chi connectivity index (χ4v) is 2.67. The lowest BCUT2D eigenvalue weighted by atomic mass is 10.1. The first-order valence-electron chi connectivity index (χ1n) is 8.08. The van der Waals surface area contributed by atoms with Crippen molar-refractivity contribution in [3.8, 4) is 17.0 Å². The fraction of sp³-hybridized carbons (Fsp3) is 0.375. The van der Waals surface area contributed by atoms with E-state index < -0.39 is 0 Å². The van der Waals surface area contributed by atoms with Gasteiger partial charge in [-0.3, -0.25) is 5.10 Å². The Morgan fingerprint density at radius 1 is 1.38 bits per heavy atom. The second-order valence-electron chi connectivity index (χ2n) is 5.74. The Labute approximate surface area is 139 Å². The molecule has 0 fully saturated rings. The molecule has 1 aliphatic rings. The zero-order chi connectivity index (χ0) is 16.5. The number of nitrogens with zero attached hydrogens (tertiary/aromatic N) is 5. The average Bonchev–Trinajstić information content (AvgIpc) is 3.30. The number of aryl methyl sites for hydroxylation is 1. The molecule has 2 aromatic heterocycles. The number of H-pyrrole nitrogens is 1. The number of aromatic nitrogens is 6. The number of anilines is 1. The molecular formula is C16H19N7O. The van der Waals surface area contributed by atoms with Crippen LogP contribution in [-0.2, 0) is 6.42 Å². The third-order valence-electron chi connectivity index (χ3n) is 4.12. The summed E-state index contributed by atoms with van der Waals surface area (Å²) in [4.78, 5) is 4.46. The van der Waals surface area contributed by atoms with Gasteiger partial charge in [-0.1, -0.05) is 12.1 Å². The van der Waals surface area contributed by atoms with E-state index in [2.05, 4.69) is 30.8 Å². The second-order valence-corrected chi connectivity index (χ2v) is 5.74. The van der Waals surface area contributed by atoms with Crippen molar-refractivity contribution in [3.05, 3.63) is 36.0 Å². The first-order chi connectivity index (χ1) is 11.7. The number of nitrogens with one attached hydrogen (secondary N) is 2. The van der Waals surface area contributed by atoms with Crippen molar-refractivity contribution in [2.45, 2.75) is 26.3 Å². The van der Waals surface area contributed by atoms with Crippen LogP contribution in [0.3, 0.4) is 0 Å². The Morgan fingerprint density at radius 2 is 2.29 bits per heavy atom. The SMILES string of the molecule is CCc1nc(C(C)n2cc(-c3ccc4c(c3)NCCO4)nn2)n[nH]1. The van der Waals surface area contributed by atoms with Gasteiger partial charge in [-0.2, -0.15) is 5.10 Å². The molecule has 0 amide bonds. The summed E-state index contributed by atoms with van der Waals surface area (Å²) in [6, 6.07) is 5.91. The molecule has 0 bridgehead atoms. The highest BCUT2D eigenvalue weighted by atomic mass is 16.5. The van der Waals surface area contributed by atoms with Gasteiger partial charge in [-0.05, 0) is 25.1 Å². The van der Waals surface area contributed by atoms with E-state index in [0.29, 0.717) is 12.4 Å². The van der Waals surface area contributed by atoms with Gasteiger partial charge in [0.25, 0.3) is 0 Å². The van der Waals surface area contributed by atoms with Crippen LogP contribution in [0.4, 0.5) is 5.69 Å². The van der Waals surface area contributed by atoms with Crippen LogP contribution in [0.1, 0.15) is 31.5 Å². The minimum Gasteiger partial charge on any atom is -0.490 e. The zero-order valence-electron chi connectivity index (χ0n) is 13.7. The van der Waals surface area contributed by atoms with Crippen molar-refractivity contribution >= 4 is 5.69 Å². The minimum atomic E-state index is -0.0816. The lowest BCUT2D eigenvalue weighted by Crippen LogP contribution is -2.17. The van der Waals surface area contributed by atoms with E-state index in [0.717, 1.165) is 41.5 Å². The van der Waals surface area contributed by atoms with Crippen molar-refractivity contribution in [2.24, 2.45) is 0 Å². The van der Waals surface area contributed by atoms with Crippen molar-refractivity contribution in [2.75, 3.05) is 18.5 Å². The molecular weight excluding hydrogens is 306 g/mol. The van der Waals surface area contributed by atoms with Gasteiger partial charge < -0.3 is 10.1 Å². The highest BCUT2D eigenvalue weighted by Gasteiger charge is 2.17. The number of rotatable bonds is 4. The van der Waals surface area contributed by atoms with Crippen LogP contribution in [0.15, 0.2) is 24.4 Å². The highest BCUT2D eigenvalue weighted by molar-refractivity contribution is 5.69. The lowest BCUT2D eigenvalue weighted by Gasteiger charge is -2.19. The summed E-state index contributed by atoms with van der Waals surface area (Å²) in [5, 5.41) is 19.0. The Kier molecular flexibility index (Phi) is 3.64. The van der Waals surface area contributed by atoms with Crippen LogP contribution in [-0.4, -0.2) is 43.3 Å².